The highest BCUT2D eigenvalue weighted by atomic mass is 35.5. The molecular formula is C23H28ClNO4. The van der Waals surface area contributed by atoms with Crippen LogP contribution in [0.3, 0.4) is 0 Å². The number of carbonyl (C=O) groups excluding carboxylic acids is 1. The molecule has 0 unspecified atom stereocenters. The summed E-state index contributed by atoms with van der Waals surface area (Å²) < 4.78 is 5.57. The summed E-state index contributed by atoms with van der Waals surface area (Å²) in [5.74, 6) is 0.402. The highest BCUT2D eigenvalue weighted by molar-refractivity contribution is 6.32. The van der Waals surface area contributed by atoms with E-state index >= 15 is 0 Å². The van der Waals surface area contributed by atoms with Gasteiger partial charge in [0.15, 0.2) is 0 Å². The molecule has 0 saturated carbocycles. The Hall–Kier alpha value is -2.08. The van der Waals surface area contributed by atoms with Gasteiger partial charge in [0, 0.05) is 24.1 Å². The molecule has 156 valence electrons. The molecule has 6 heteroatoms. The first-order valence-electron chi connectivity index (χ1n) is 10.0. The minimum Gasteiger partial charge on any atom is -0.492 e. The van der Waals surface area contributed by atoms with Crippen molar-refractivity contribution in [1.29, 1.82) is 0 Å². The molecule has 2 aromatic rings. The Morgan fingerprint density at radius 2 is 2.03 bits per heavy atom. The molecule has 0 aliphatic carbocycles. The van der Waals surface area contributed by atoms with Crippen molar-refractivity contribution in [2.75, 3.05) is 26.3 Å². The van der Waals surface area contributed by atoms with Crippen molar-refractivity contribution in [1.82, 2.24) is 4.90 Å². The number of aliphatic hydroxyl groups is 2. The molecule has 1 aliphatic rings. The van der Waals surface area contributed by atoms with Crippen LogP contribution in [-0.4, -0.2) is 53.4 Å². The Labute approximate surface area is 176 Å². The largest absolute Gasteiger partial charge is 0.492 e. The van der Waals surface area contributed by atoms with E-state index in [0.717, 1.165) is 12.0 Å². The summed E-state index contributed by atoms with van der Waals surface area (Å²) in [5.41, 5.74) is 0.709. The Bertz CT molecular complexity index is 829. The molecule has 0 radical (unpaired) electrons. The van der Waals surface area contributed by atoms with Gasteiger partial charge in [-0.15, -0.1) is 0 Å². The lowest BCUT2D eigenvalue weighted by Crippen LogP contribution is -2.56. The number of carbonyl (C=O) groups is 1. The third kappa shape index (κ3) is 4.92. The third-order valence-corrected chi connectivity index (χ3v) is 5.82. The normalized spacial score (nSPS) is 21.8. The predicted molar refractivity (Wildman–Crippen MR) is 113 cm³/mol. The summed E-state index contributed by atoms with van der Waals surface area (Å²) in [6.45, 7) is 3.10. The molecule has 1 fully saturated rings. The molecule has 1 amide bonds. The Kier molecular flexibility index (Phi) is 7.17. The smallest absolute Gasteiger partial charge is 0.253 e. The van der Waals surface area contributed by atoms with Crippen LogP contribution in [0.4, 0.5) is 0 Å². The maximum atomic E-state index is 13.1. The Morgan fingerprint density at radius 1 is 1.28 bits per heavy atom. The number of rotatable bonds is 7. The zero-order valence-electron chi connectivity index (χ0n) is 16.7. The van der Waals surface area contributed by atoms with Crippen LogP contribution in [-0.2, 0) is 6.42 Å². The van der Waals surface area contributed by atoms with Gasteiger partial charge >= 0.3 is 0 Å². The summed E-state index contributed by atoms with van der Waals surface area (Å²) in [6.07, 6.45) is 1.12. The van der Waals surface area contributed by atoms with E-state index in [-0.39, 0.29) is 19.1 Å². The van der Waals surface area contributed by atoms with Gasteiger partial charge in [-0.3, -0.25) is 4.79 Å². The number of nitrogens with zero attached hydrogens (tertiary/aromatic N) is 1. The van der Waals surface area contributed by atoms with Gasteiger partial charge in [0.1, 0.15) is 5.75 Å². The van der Waals surface area contributed by atoms with E-state index < -0.39 is 11.5 Å². The fraction of sp³-hybridized carbons (Fsp3) is 0.435. The van der Waals surface area contributed by atoms with Gasteiger partial charge in [-0.05, 0) is 43.0 Å². The first-order valence-corrected chi connectivity index (χ1v) is 10.4. The molecule has 1 aliphatic heterocycles. The van der Waals surface area contributed by atoms with Crippen molar-refractivity contribution in [3.05, 3.63) is 64.7 Å². The topological polar surface area (TPSA) is 70.0 Å². The molecule has 0 spiro atoms. The van der Waals surface area contributed by atoms with Crippen LogP contribution in [0.1, 0.15) is 35.7 Å². The van der Waals surface area contributed by atoms with Gasteiger partial charge in [0.05, 0.1) is 24.3 Å². The average molecular weight is 418 g/mol. The van der Waals surface area contributed by atoms with Crippen LogP contribution in [0.5, 0.6) is 5.75 Å². The van der Waals surface area contributed by atoms with Gasteiger partial charge in [0.2, 0.25) is 0 Å². The highest BCUT2D eigenvalue weighted by Gasteiger charge is 2.43. The summed E-state index contributed by atoms with van der Waals surface area (Å²) >= 11 is 6.29. The van der Waals surface area contributed by atoms with Gasteiger partial charge < -0.3 is 19.8 Å². The fourth-order valence-electron chi connectivity index (χ4n) is 3.86. The van der Waals surface area contributed by atoms with Crippen LogP contribution in [0, 0.1) is 5.41 Å². The van der Waals surface area contributed by atoms with Crippen LogP contribution in [0.25, 0.3) is 0 Å². The van der Waals surface area contributed by atoms with Crippen molar-refractivity contribution in [2.45, 2.75) is 32.3 Å². The molecule has 2 aromatic carbocycles. The van der Waals surface area contributed by atoms with E-state index in [1.54, 1.807) is 23.1 Å². The monoisotopic (exact) mass is 417 g/mol. The van der Waals surface area contributed by atoms with Crippen molar-refractivity contribution >= 4 is 17.5 Å². The van der Waals surface area contributed by atoms with Crippen molar-refractivity contribution < 1.29 is 19.7 Å². The number of ether oxygens (including phenoxy) is 1. The van der Waals surface area contributed by atoms with E-state index in [1.807, 2.05) is 37.3 Å². The van der Waals surface area contributed by atoms with E-state index in [4.69, 9.17) is 16.3 Å². The molecule has 1 saturated heterocycles. The molecule has 5 nitrogen and oxygen atoms in total. The zero-order chi connectivity index (χ0) is 20.9. The van der Waals surface area contributed by atoms with E-state index in [9.17, 15) is 15.0 Å². The van der Waals surface area contributed by atoms with Gasteiger partial charge in [-0.2, -0.15) is 0 Å². The number of hydrogen-bond donors (Lipinski definition) is 2. The summed E-state index contributed by atoms with van der Waals surface area (Å²) in [7, 11) is 0. The van der Waals surface area contributed by atoms with E-state index in [1.165, 1.54) is 0 Å². The average Bonchev–Trinajstić information content (AvgIpc) is 2.74. The summed E-state index contributed by atoms with van der Waals surface area (Å²) in [6, 6.07) is 14.8. The van der Waals surface area contributed by atoms with E-state index in [0.29, 0.717) is 42.3 Å². The maximum Gasteiger partial charge on any atom is 0.253 e. The van der Waals surface area contributed by atoms with Crippen molar-refractivity contribution in [3.8, 4) is 5.75 Å². The quantitative estimate of drug-likeness (QED) is 0.722. The lowest BCUT2D eigenvalue weighted by atomic mass is 9.73. The van der Waals surface area contributed by atoms with Crippen LogP contribution in [0.2, 0.25) is 5.02 Å². The molecule has 29 heavy (non-hydrogen) atoms. The number of benzene rings is 2. The number of likely N-dealkylation sites (tertiary alicyclic amines) is 1. The molecule has 1 heterocycles. The SMILES string of the molecule is CCCOc1ccc(C(=O)N2CC[C@@H](O)[C@@](CO)(Cc3ccccc3)C2)cc1Cl. The zero-order valence-corrected chi connectivity index (χ0v) is 17.4. The molecular weight excluding hydrogens is 390 g/mol. The second-order valence-corrected chi connectivity index (χ2v) is 8.11. The summed E-state index contributed by atoms with van der Waals surface area (Å²) in [5, 5.41) is 21.3. The molecule has 3 rings (SSSR count). The Balaban J connectivity index is 1.78. The van der Waals surface area contributed by atoms with Crippen LogP contribution < -0.4 is 4.74 Å². The van der Waals surface area contributed by atoms with Crippen molar-refractivity contribution in [3.63, 3.8) is 0 Å². The fourth-order valence-corrected chi connectivity index (χ4v) is 4.09. The van der Waals surface area contributed by atoms with Gasteiger partial charge in [-0.1, -0.05) is 48.9 Å². The third-order valence-electron chi connectivity index (χ3n) is 5.53. The molecule has 0 bridgehead atoms. The standard InChI is InChI=1S/C23H28ClNO4/c1-2-12-29-20-9-8-18(13-19(20)24)22(28)25-11-10-21(27)23(15-25,16-26)14-17-6-4-3-5-7-17/h3-9,13,21,26-27H,2,10-12,14-16H2,1H3/t21-,23+/m1/s1. The lowest BCUT2D eigenvalue weighted by Gasteiger charge is -2.45. The van der Waals surface area contributed by atoms with Gasteiger partial charge in [-0.25, -0.2) is 0 Å². The summed E-state index contributed by atoms with van der Waals surface area (Å²) in [4.78, 5) is 14.8. The van der Waals surface area contributed by atoms with E-state index in [2.05, 4.69) is 0 Å². The highest BCUT2D eigenvalue weighted by Crippen LogP contribution is 2.35. The first kappa shape index (κ1) is 21.6. The lowest BCUT2D eigenvalue weighted by molar-refractivity contribution is -0.0668. The Morgan fingerprint density at radius 3 is 2.69 bits per heavy atom. The number of piperidine rings is 1. The molecule has 0 aromatic heterocycles. The number of hydrogen-bond acceptors (Lipinski definition) is 4. The second kappa shape index (κ2) is 9.61. The van der Waals surface area contributed by atoms with Crippen LogP contribution in [0.15, 0.2) is 48.5 Å². The predicted octanol–water partition coefficient (Wildman–Crippen LogP) is 3.56. The van der Waals surface area contributed by atoms with Crippen LogP contribution >= 0.6 is 11.6 Å². The number of halogens is 1. The minimum absolute atomic E-state index is 0.160. The first-order chi connectivity index (χ1) is 14.0. The molecule has 2 atom stereocenters. The number of amides is 1. The maximum absolute atomic E-state index is 13.1. The molecule has 2 N–H and O–H groups in total. The van der Waals surface area contributed by atoms with Crippen molar-refractivity contribution in [2.24, 2.45) is 5.41 Å². The van der Waals surface area contributed by atoms with Gasteiger partial charge in [0.25, 0.3) is 5.91 Å². The number of aliphatic hydroxyl groups excluding tert-OH is 2. The second-order valence-electron chi connectivity index (χ2n) is 7.71. The minimum atomic E-state index is -0.788.